The molecule has 1 aliphatic heterocycles. The molecule has 1 atom stereocenters. The third kappa shape index (κ3) is 3.14. The Morgan fingerprint density at radius 1 is 1.38 bits per heavy atom. The molecule has 2 heterocycles. The number of thioether (sulfide) groups is 1. The molecular formula is C14H13N3O2S2. The van der Waals surface area contributed by atoms with Gasteiger partial charge in [0.05, 0.1) is 0 Å². The van der Waals surface area contributed by atoms with Crippen molar-refractivity contribution >= 4 is 40.3 Å². The van der Waals surface area contributed by atoms with E-state index in [9.17, 15) is 9.59 Å². The fraction of sp³-hybridized carbons (Fsp3) is 0.286. The summed E-state index contributed by atoms with van der Waals surface area (Å²) in [5.41, 5.74) is 0.988. The summed E-state index contributed by atoms with van der Waals surface area (Å²) in [6.07, 6.45) is 0.365. The van der Waals surface area contributed by atoms with Crippen LogP contribution < -0.4 is 4.90 Å². The third-order valence-corrected chi connectivity index (χ3v) is 4.84. The molecule has 0 radical (unpaired) electrons. The van der Waals surface area contributed by atoms with Crippen molar-refractivity contribution in [1.29, 1.82) is 0 Å². The highest BCUT2D eigenvalue weighted by Crippen LogP contribution is 2.30. The van der Waals surface area contributed by atoms with E-state index in [1.807, 2.05) is 30.3 Å². The molecule has 5 nitrogen and oxygen atoms in total. The summed E-state index contributed by atoms with van der Waals surface area (Å²) in [5.74, 6) is 0.418. The highest BCUT2D eigenvalue weighted by atomic mass is 32.2. The molecule has 1 aromatic heterocycles. The molecule has 7 heteroatoms. The summed E-state index contributed by atoms with van der Waals surface area (Å²) in [5, 5.41) is 0.825. The monoisotopic (exact) mass is 319 g/mol. The highest BCUT2D eigenvalue weighted by Gasteiger charge is 2.34. The molecule has 0 spiro atoms. The van der Waals surface area contributed by atoms with Crippen molar-refractivity contribution in [3.8, 4) is 10.6 Å². The van der Waals surface area contributed by atoms with Gasteiger partial charge < -0.3 is 0 Å². The number of amides is 1. The van der Waals surface area contributed by atoms with Gasteiger partial charge in [0.2, 0.25) is 11.9 Å². The van der Waals surface area contributed by atoms with Crippen molar-refractivity contribution in [3.05, 3.63) is 30.3 Å². The smallest absolute Gasteiger partial charge is 0.244 e. The van der Waals surface area contributed by atoms with Crippen molar-refractivity contribution in [2.75, 3.05) is 11.4 Å². The number of nitrogens with zero attached hydrogens (tertiary/aromatic N) is 3. The minimum absolute atomic E-state index is 0.00123. The van der Waals surface area contributed by atoms with Crippen LogP contribution in [0.5, 0.6) is 0 Å². The summed E-state index contributed by atoms with van der Waals surface area (Å²) >= 11 is 2.49. The Bertz CT molecular complexity index is 672. The molecule has 108 valence electrons. The SMILES string of the molecule is CC(=O)SC1CC(=O)N(c2nsc(-c3ccccc3)n2)C1. The average Bonchev–Trinajstić information content (AvgIpc) is 3.06. The summed E-state index contributed by atoms with van der Waals surface area (Å²) in [7, 11) is 0. The van der Waals surface area contributed by atoms with Crippen LogP contribution in [0.2, 0.25) is 0 Å². The maximum absolute atomic E-state index is 12.0. The topological polar surface area (TPSA) is 63.2 Å². The lowest BCUT2D eigenvalue weighted by molar-refractivity contribution is -0.117. The number of hydrogen-bond donors (Lipinski definition) is 0. The zero-order chi connectivity index (χ0) is 14.8. The van der Waals surface area contributed by atoms with Gasteiger partial charge in [-0.25, -0.2) is 0 Å². The number of aromatic nitrogens is 2. The molecule has 1 aliphatic rings. The van der Waals surface area contributed by atoms with Gasteiger partial charge in [-0.2, -0.15) is 9.36 Å². The Morgan fingerprint density at radius 2 is 2.14 bits per heavy atom. The van der Waals surface area contributed by atoms with Crippen molar-refractivity contribution in [3.63, 3.8) is 0 Å². The minimum atomic E-state index is -0.0221. The normalized spacial score (nSPS) is 18.2. The maximum atomic E-state index is 12.0. The zero-order valence-corrected chi connectivity index (χ0v) is 13.0. The van der Waals surface area contributed by atoms with Gasteiger partial charge in [0.15, 0.2) is 5.12 Å². The summed E-state index contributed by atoms with van der Waals surface area (Å²) in [4.78, 5) is 29.2. The lowest BCUT2D eigenvalue weighted by Crippen LogP contribution is -2.26. The lowest BCUT2D eigenvalue weighted by Gasteiger charge is -2.10. The largest absolute Gasteiger partial charge is 0.288 e. The van der Waals surface area contributed by atoms with Crippen LogP contribution in [0.25, 0.3) is 10.6 Å². The second-order valence-corrected chi connectivity index (χ2v) is 6.93. The van der Waals surface area contributed by atoms with Crippen LogP contribution in [0.4, 0.5) is 5.95 Å². The Labute approximate surface area is 130 Å². The Hall–Kier alpha value is -1.73. The quantitative estimate of drug-likeness (QED) is 0.870. The lowest BCUT2D eigenvalue weighted by atomic mass is 10.2. The van der Waals surface area contributed by atoms with Crippen LogP contribution in [0.3, 0.4) is 0 Å². The number of hydrogen-bond acceptors (Lipinski definition) is 6. The van der Waals surface area contributed by atoms with Gasteiger partial charge in [-0.15, -0.1) is 0 Å². The molecule has 0 saturated carbocycles. The molecule has 21 heavy (non-hydrogen) atoms. The number of rotatable bonds is 3. The van der Waals surface area contributed by atoms with Crippen LogP contribution in [0.15, 0.2) is 30.3 Å². The van der Waals surface area contributed by atoms with Crippen LogP contribution in [0.1, 0.15) is 13.3 Å². The molecule has 0 bridgehead atoms. The number of anilines is 1. The number of benzene rings is 1. The van der Waals surface area contributed by atoms with E-state index in [2.05, 4.69) is 9.36 Å². The van der Waals surface area contributed by atoms with Gasteiger partial charge in [-0.1, -0.05) is 42.1 Å². The van der Waals surface area contributed by atoms with Crippen molar-refractivity contribution in [2.45, 2.75) is 18.6 Å². The molecule has 1 unspecified atom stereocenters. The average molecular weight is 319 g/mol. The Kier molecular flexibility index (Phi) is 4.03. The van der Waals surface area contributed by atoms with Crippen LogP contribution in [-0.2, 0) is 9.59 Å². The van der Waals surface area contributed by atoms with E-state index in [-0.39, 0.29) is 16.3 Å². The first-order valence-electron chi connectivity index (χ1n) is 6.50. The molecular weight excluding hydrogens is 306 g/mol. The Morgan fingerprint density at radius 3 is 2.86 bits per heavy atom. The summed E-state index contributed by atoms with van der Waals surface area (Å²) in [6, 6.07) is 9.75. The van der Waals surface area contributed by atoms with E-state index < -0.39 is 0 Å². The molecule has 2 aromatic rings. The van der Waals surface area contributed by atoms with Gasteiger partial charge in [0.25, 0.3) is 0 Å². The van der Waals surface area contributed by atoms with Crippen LogP contribution in [0, 0.1) is 0 Å². The van der Waals surface area contributed by atoms with Crippen molar-refractivity contribution in [1.82, 2.24) is 9.36 Å². The molecule has 1 fully saturated rings. The second-order valence-electron chi connectivity index (χ2n) is 4.71. The third-order valence-electron chi connectivity index (χ3n) is 3.10. The van der Waals surface area contributed by atoms with Gasteiger partial charge in [-0.3, -0.25) is 14.5 Å². The van der Waals surface area contributed by atoms with E-state index in [4.69, 9.17) is 0 Å². The van der Waals surface area contributed by atoms with Crippen molar-refractivity contribution < 1.29 is 9.59 Å². The van der Waals surface area contributed by atoms with E-state index in [0.29, 0.717) is 18.9 Å². The van der Waals surface area contributed by atoms with E-state index in [1.54, 1.807) is 4.90 Å². The molecule has 1 saturated heterocycles. The molecule has 1 amide bonds. The minimum Gasteiger partial charge on any atom is -0.288 e. The molecule has 3 rings (SSSR count). The van der Waals surface area contributed by atoms with Crippen molar-refractivity contribution in [2.24, 2.45) is 0 Å². The predicted molar refractivity (Wildman–Crippen MR) is 84.4 cm³/mol. The van der Waals surface area contributed by atoms with Crippen LogP contribution >= 0.6 is 23.3 Å². The highest BCUT2D eigenvalue weighted by molar-refractivity contribution is 8.14. The number of carbonyl (C=O) groups excluding carboxylic acids is 2. The predicted octanol–water partition coefficient (Wildman–Crippen LogP) is 2.59. The van der Waals surface area contributed by atoms with E-state index in [0.717, 1.165) is 10.6 Å². The van der Waals surface area contributed by atoms with Gasteiger partial charge in [0, 0.05) is 30.7 Å². The zero-order valence-electron chi connectivity index (χ0n) is 11.4. The van der Waals surface area contributed by atoms with Gasteiger partial charge >= 0.3 is 0 Å². The Balaban J connectivity index is 1.78. The molecule has 0 aliphatic carbocycles. The fourth-order valence-electron chi connectivity index (χ4n) is 2.21. The number of carbonyl (C=O) groups is 2. The van der Waals surface area contributed by atoms with Crippen LogP contribution in [-0.4, -0.2) is 32.2 Å². The standard InChI is InChI=1S/C14H13N3O2S2/c1-9(18)20-11-7-12(19)17(8-11)14-15-13(21-16-14)10-5-3-2-4-6-10/h2-6,11H,7-8H2,1H3. The van der Waals surface area contributed by atoms with Gasteiger partial charge in [-0.05, 0) is 11.5 Å². The summed E-state index contributed by atoms with van der Waals surface area (Å²) in [6.45, 7) is 2.01. The molecule has 0 N–H and O–H groups in total. The van der Waals surface area contributed by atoms with E-state index >= 15 is 0 Å². The fourth-order valence-corrected chi connectivity index (χ4v) is 3.80. The first-order valence-corrected chi connectivity index (χ1v) is 8.15. The van der Waals surface area contributed by atoms with Gasteiger partial charge in [0.1, 0.15) is 5.01 Å². The molecule has 1 aromatic carbocycles. The maximum Gasteiger partial charge on any atom is 0.244 e. The first-order chi connectivity index (χ1) is 10.1. The second kappa shape index (κ2) is 5.95. The van der Waals surface area contributed by atoms with E-state index in [1.165, 1.54) is 30.2 Å². The first kappa shape index (κ1) is 14.2. The summed E-state index contributed by atoms with van der Waals surface area (Å²) < 4.78 is 4.28.